The van der Waals surface area contributed by atoms with Crippen molar-refractivity contribution in [2.45, 2.75) is 13.3 Å². The first-order chi connectivity index (χ1) is 8.88. The summed E-state index contributed by atoms with van der Waals surface area (Å²) in [5, 5.41) is 2.27. The molecule has 1 aromatic carbocycles. The van der Waals surface area contributed by atoms with Gasteiger partial charge in [0, 0.05) is 23.8 Å². The Morgan fingerprint density at radius 2 is 2.11 bits per heavy atom. The highest BCUT2D eigenvalue weighted by atomic mass is 16.5. The molecule has 0 unspecified atom stereocenters. The molecule has 0 atom stereocenters. The van der Waals surface area contributed by atoms with Gasteiger partial charge in [-0.1, -0.05) is 18.2 Å². The minimum atomic E-state index is 0.696. The number of benzene rings is 1. The van der Waals surface area contributed by atoms with Crippen LogP contribution in [0.25, 0.3) is 21.9 Å². The number of hydrogen-bond donors (Lipinski definition) is 0. The molecular weight excluding hydrogens is 226 g/mol. The van der Waals surface area contributed by atoms with Crippen molar-refractivity contribution >= 4 is 21.9 Å². The maximum absolute atomic E-state index is 5.78. The molecule has 2 aromatic heterocycles. The average molecular weight is 241 g/mol. The first kappa shape index (κ1) is 11.2. The van der Waals surface area contributed by atoms with E-state index in [0.717, 1.165) is 40.7 Å². The normalized spacial score (nSPS) is 11.4. The number of para-hydroxylation sites is 1. The zero-order valence-electron chi connectivity index (χ0n) is 10.3. The van der Waals surface area contributed by atoms with Crippen LogP contribution in [-0.4, -0.2) is 18.2 Å². The van der Waals surface area contributed by atoms with Gasteiger partial charge < -0.3 is 9.15 Å². The fraction of sp³-hybridized carbons (Fsp3) is 0.267. The second-order valence-corrected chi connectivity index (χ2v) is 4.21. The van der Waals surface area contributed by atoms with E-state index in [1.807, 2.05) is 25.1 Å². The third-order valence-corrected chi connectivity index (χ3v) is 3.02. The van der Waals surface area contributed by atoms with Crippen LogP contribution in [0.5, 0.6) is 0 Å². The van der Waals surface area contributed by atoms with Gasteiger partial charge in [0.25, 0.3) is 0 Å². The van der Waals surface area contributed by atoms with E-state index in [1.54, 1.807) is 6.20 Å². The molecule has 2 heterocycles. The quantitative estimate of drug-likeness (QED) is 0.655. The Morgan fingerprint density at radius 3 is 3.00 bits per heavy atom. The molecule has 3 nitrogen and oxygen atoms in total. The van der Waals surface area contributed by atoms with Crippen LogP contribution in [0.4, 0.5) is 0 Å². The number of pyridine rings is 1. The molecule has 0 fully saturated rings. The maximum Gasteiger partial charge on any atom is 0.153 e. The molecule has 3 rings (SSSR count). The van der Waals surface area contributed by atoms with Crippen molar-refractivity contribution in [2.75, 3.05) is 13.2 Å². The lowest BCUT2D eigenvalue weighted by Crippen LogP contribution is -1.96. The Bertz CT molecular complexity index is 672. The molecule has 0 aliphatic carbocycles. The predicted molar refractivity (Wildman–Crippen MR) is 71.7 cm³/mol. The molecule has 92 valence electrons. The number of fused-ring (bicyclic) bond motifs is 3. The lowest BCUT2D eigenvalue weighted by atomic mass is 10.1. The number of furan rings is 1. The number of aromatic nitrogens is 1. The second kappa shape index (κ2) is 4.78. The summed E-state index contributed by atoms with van der Waals surface area (Å²) in [6.45, 7) is 3.43. The van der Waals surface area contributed by atoms with Gasteiger partial charge in [0.2, 0.25) is 0 Å². The van der Waals surface area contributed by atoms with Gasteiger partial charge in [0.1, 0.15) is 5.76 Å². The van der Waals surface area contributed by atoms with Crippen molar-refractivity contribution < 1.29 is 9.15 Å². The van der Waals surface area contributed by atoms with Gasteiger partial charge in [-0.15, -0.1) is 0 Å². The molecule has 0 aliphatic rings. The zero-order valence-corrected chi connectivity index (χ0v) is 10.3. The average Bonchev–Trinajstić information content (AvgIpc) is 2.82. The van der Waals surface area contributed by atoms with Gasteiger partial charge in [0.15, 0.2) is 5.58 Å². The van der Waals surface area contributed by atoms with Gasteiger partial charge >= 0.3 is 0 Å². The van der Waals surface area contributed by atoms with Crippen LogP contribution < -0.4 is 0 Å². The minimum absolute atomic E-state index is 0.696. The molecular formula is C15H15NO2. The summed E-state index contributed by atoms with van der Waals surface area (Å²) in [4.78, 5) is 4.39. The van der Waals surface area contributed by atoms with E-state index in [0.29, 0.717) is 6.61 Å². The number of ether oxygens (including phenoxy) is 1. The highest BCUT2D eigenvalue weighted by Gasteiger charge is 2.07. The largest absolute Gasteiger partial charge is 0.459 e. The lowest BCUT2D eigenvalue weighted by molar-refractivity contribution is 0.147. The highest BCUT2D eigenvalue weighted by molar-refractivity contribution is 6.03. The first-order valence-electron chi connectivity index (χ1n) is 6.22. The van der Waals surface area contributed by atoms with Crippen LogP contribution in [0, 0.1) is 0 Å². The molecule has 0 saturated heterocycles. The van der Waals surface area contributed by atoms with Crippen LogP contribution in [0.15, 0.2) is 40.9 Å². The van der Waals surface area contributed by atoms with Crippen molar-refractivity contribution in [3.63, 3.8) is 0 Å². The molecule has 0 spiro atoms. The number of hydrogen-bond acceptors (Lipinski definition) is 3. The van der Waals surface area contributed by atoms with Crippen LogP contribution in [0.3, 0.4) is 0 Å². The van der Waals surface area contributed by atoms with Gasteiger partial charge in [-0.05, 0) is 19.1 Å². The Balaban J connectivity index is 2.03. The highest BCUT2D eigenvalue weighted by Crippen LogP contribution is 2.26. The van der Waals surface area contributed by atoms with Crippen LogP contribution in [-0.2, 0) is 11.2 Å². The summed E-state index contributed by atoms with van der Waals surface area (Å²) in [7, 11) is 0. The molecule has 0 amide bonds. The summed E-state index contributed by atoms with van der Waals surface area (Å²) in [6.07, 6.45) is 2.60. The van der Waals surface area contributed by atoms with E-state index in [2.05, 4.69) is 17.1 Å². The van der Waals surface area contributed by atoms with Crippen molar-refractivity contribution in [1.29, 1.82) is 0 Å². The minimum Gasteiger partial charge on any atom is -0.459 e. The fourth-order valence-corrected chi connectivity index (χ4v) is 2.15. The standard InChI is InChI=1S/C15H15NO2/c1-2-17-8-7-11-9-13-12-5-3-4-6-14(12)16-10-15(13)18-11/h3-6,9-10H,2,7-8H2,1H3. The Morgan fingerprint density at radius 1 is 1.22 bits per heavy atom. The lowest BCUT2D eigenvalue weighted by Gasteiger charge is -1.96. The molecule has 18 heavy (non-hydrogen) atoms. The maximum atomic E-state index is 5.78. The van der Waals surface area contributed by atoms with Crippen LogP contribution in [0.2, 0.25) is 0 Å². The van der Waals surface area contributed by atoms with E-state index in [1.165, 1.54) is 0 Å². The SMILES string of the molecule is CCOCCc1cc2c(cnc3ccccc32)o1. The summed E-state index contributed by atoms with van der Waals surface area (Å²) in [5.41, 5.74) is 1.85. The fourth-order valence-electron chi connectivity index (χ4n) is 2.15. The summed E-state index contributed by atoms with van der Waals surface area (Å²) >= 11 is 0. The Hall–Kier alpha value is -1.87. The molecule has 0 radical (unpaired) electrons. The van der Waals surface area contributed by atoms with E-state index in [-0.39, 0.29) is 0 Å². The van der Waals surface area contributed by atoms with E-state index in [4.69, 9.17) is 9.15 Å². The molecule has 0 aliphatic heterocycles. The van der Waals surface area contributed by atoms with Gasteiger partial charge in [-0.3, -0.25) is 4.98 Å². The summed E-state index contributed by atoms with van der Waals surface area (Å²) in [5.74, 6) is 0.955. The summed E-state index contributed by atoms with van der Waals surface area (Å²) in [6, 6.07) is 10.2. The first-order valence-corrected chi connectivity index (χ1v) is 6.22. The molecule has 3 aromatic rings. The number of rotatable bonds is 4. The predicted octanol–water partition coefficient (Wildman–Crippen LogP) is 3.56. The topological polar surface area (TPSA) is 35.3 Å². The smallest absolute Gasteiger partial charge is 0.153 e. The summed E-state index contributed by atoms with van der Waals surface area (Å²) < 4.78 is 11.1. The van der Waals surface area contributed by atoms with Crippen LogP contribution in [0.1, 0.15) is 12.7 Å². The van der Waals surface area contributed by atoms with Gasteiger partial charge in [-0.2, -0.15) is 0 Å². The Kier molecular flexibility index (Phi) is 2.99. The van der Waals surface area contributed by atoms with Gasteiger partial charge in [0.05, 0.1) is 18.3 Å². The molecule has 0 N–H and O–H groups in total. The van der Waals surface area contributed by atoms with Crippen molar-refractivity contribution in [1.82, 2.24) is 4.98 Å². The number of nitrogens with zero attached hydrogens (tertiary/aromatic N) is 1. The van der Waals surface area contributed by atoms with E-state index >= 15 is 0 Å². The molecule has 3 heteroatoms. The van der Waals surface area contributed by atoms with Gasteiger partial charge in [-0.25, -0.2) is 0 Å². The third-order valence-electron chi connectivity index (χ3n) is 3.02. The molecule has 0 saturated carbocycles. The zero-order chi connectivity index (χ0) is 12.4. The second-order valence-electron chi connectivity index (χ2n) is 4.21. The van der Waals surface area contributed by atoms with E-state index < -0.39 is 0 Å². The van der Waals surface area contributed by atoms with E-state index in [9.17, 15) is 0 Å². The molecule has 0 bridgehead atoms. The van der Waals surface area contributed by atoms with Crippen molar-refractivity contribution in [3.05, 3.63) is 42.3 Å². The van der Waals surface area contributed by atoms with Crippen molar-refractivity contribution in [3.8, 4) is 0 Å². The Labute approximate surface area is 105 Å². The van der Waals surface area contributed by atoms with Crippen LogP contribution >= 0.6 is 0 Å². The third kappa shape index (κ3) is 1.97. The van der Waals surface area contributed by atoms with Crippen molar-refractivity contribution in [2.24, 2.45) is 0 Å². The monoisotopic (exact) mass is 241 g/mol.